The number of amides is 2. The standard InChI is InChI=1S/C20H25N3O2S2/c1-2-14(15-6-3-4-7-15)10-12-23-18(24)19(27-20(23)25)26-17-9-5-8-16-21-11-13-22(16)17/h5,8-9,11,13-15,19H,2-4,6-7,10,12H2,1H3. The minimum Gasteiger partial charge on any atom is -0.294 e. The molecule has 2 unspecified atom stereocenters. The normalized spacial score (nSPS) is 22.3. The van der Waals surface area contributed by atoms with Crippen molar-refractivity contribution in [2.75, 3.05) is 6.54 Å². The zero-order chi connectivity index (χ0) is 18.8. The second kappa shape index (κ2) is 8.27. The summed E-state index contributed by atoms with van der Waals surface area (Å²) >= 11 is 2.59. The number of fused-ring (bicyclic) bond motifs is 1. The maximum atomic E-state index is 12.9. The van der Waals surface area contributed by atoms with E-state index in [2.05, 4.69) is 11.9 Å². The zero-order valence-electron chi connectivity index (χ0n) is 15.5. The predicted octanol–water partition coefficient (Wildman–Crippen LogP) is 5.05. The molecule has 7 heteroatoms. The van der Waals surface area contributed by atoms with Gasteiger partial charge >= 0.3 is 0 Å². The third kappa shape index (κ3) is 3.90. The van der Waals surface area contributed by atoms with Crippen molar-refractivity contribution in [1.82, 2.24) is 14.3 Å². The molecule has 2 fully saturated rings. The number of carbonyl (C=O) groups is 2. The lowest BCUT2D eigenvalue weighted by atomic mass is 9.86. The third-order valence-electron chi connectivity index (χ3n) is 5.83. The molecule has 2 aromatic heterocycles. The van der Waals surface area contributed by atoms with Crippen LogP contribution in [-0.4, -0.2) is 36.6 Å². The smallest absolute Gasteiger partial charge is 0.289 e. The van der Waals surface area contributed by atoms with Gasteiger partial charge in [0.25, 0.3) is 11.1 Å². The van der Waals surface area contributed by atoms with Crippen molar-refractivity contribution in [3.05, 3.63) is 30.6 Å². The molecule has 2 atom stereocenters. The van der Waals surface area contributed by atoms with Crippen molar-refractivity contribution >= 4 is 40.3 Å². The molecule has 3 heterocycles. The van der Waals surface area contributed by atoms with Gasteiger partial charge in [0.2, 0.25) is 0 Å². The average molecular weight is 404 g/mol. The molecule has 0 radical (unpaired) electrons. The lowest BCUT2D eigenvalue weighted by Crippen LogP contribution is -2.33. The monoisotopic (exact) mass is 403 g/mol. The van der Waals surface area contributed by atoms with Crippen molar-refractivity contribution in [1.29, 1.82) is 0 Å². The number of imidazole rings is 1. The summed E-state index contributed by atoms with van der Waals surface area (Å²) in [6, 6.07) is 5.83. The number of aromatic nitrogens is 2. The van der Waals surface area contributed by atoms with Crippen molar-refractivity contribution < 1.29 is 9.59 Å². The summed E-state index contributed by atoms with van der Waals surface area (Å²) in [4.78, 5) is 31.1. The molecular formula is C20H25N3O2S2. The number of nitrogens with zero attached hydrogens (tertiary/aromatic N) is 3. The van der Waals surface area contributed by atoms with Gasteiger partial charge in [-0.1, -0.05) is 56.9 Å². The van der Waals surface area contributed by atoms with E-state index < -0.39 is 4.58 Å². The minimum absolute atomic E-state index is 0.0617. The highest BCUT2D eigenvalue weighted by molar-refractivity contribution is 8.26. The fraction of sp³-hybridized carbons (Fsp3) is 0.550. The molecule has 0 spiro atoms. The zero-order valence-corrected chi connectivity index (χ0v) is 17.2. The molecule has 144 valence electrons. The van der Waals surface area contributed by atoms with Gasteiger partial charge < -0.3 is 0 Å². The van der Waals surface area contributed by atoms with Gasteiger partial charge in [0.05, 0.1) is 5.03 Å². The molecule has 1 saturated carbocycles. The van der Waals surface area contributed by atoms with Crippen LogP contribution in [0.1, 0.15) is 45.4 Å². The van der Waals surface area contributed by atoms with Gasteiger partial charge in [-0.2, -0.15) is 0 Å². The quantitative estimate of drug-likeness (QED) is 0.647. The van der Waals surface area contributed by atoms with E-state index in [1.54, 1.807) is 6.20 Å². The Morgan fingerprint density at radius 3 is 2.89 bits per heavy atom. The van der Waals surface area contributed by atoms with E-state index in [0.29, 0.717) is 12.5 Å². The minimum atomic E-state index is -0.406. The molecule has 0 bridgehead atoms. The van der Waals surface area contributed by atoms with E-state index in [-0.39, 0.29) is 11.1 Å². The highest BCUT2D eigenvalue weighted by atomic mass is 32.2. The van der Waals surface area contributed by atoms with Crippen LogP contribution in [-0.2, 0) is 4.79 Å². The first-order chi connectivity index (χ1) is 13.2. The summed E-state index contributed by atoms with van der Waals surface area (Å²) in [7, 11) is 0. The molecule has 1 aliphatic heterocycles. The highest BCUT2D eigenvalue weighted by Gasteiger charge is 2.40. The SMILES string of the molecule is CCC(CCN1C(=O)SC(Sc2cccc3nccn23)C1=O)C1CCCC1. The van der Waals surface area contributed by atoms with E-state index in [1.165, 1.54) is 42.3 Å². The Balaban J connectivity index is 1.40. The van der Waals surface area contributed by atoms with E-state index in [0.717, 1.165) is 41.2 Å². The van der Waals surface area contributed by atoms with Crippen molar-refractivity contribution in [3.63, 3.8) is 0 Å². The Labute approximate surface area is 168 Å². The summed E-state index contributed by atoms with van der Waals surface area (Å²) in [6.07, 6.45) is 11.0. The predicted molar refractivity (Wildman–Crippen MR) is 110 cm³/mol. The lowest BCUT2D eigenvalue weighted by Gasteiger charge is -2.24. The molecule has 2 aliphatic rings. The number of rotatable bonds is 7. The molecule has 27 heavy (non-hydrogen) atoms. The Bertz CT molecular complexity index is 831. The van der Waals surface area contributed by atoms with E-state index in [1.807, 2.05) is 28.8 Å². The van der Waals surface area contributed by atoms with Gasteiger partial charge in [0, 0.05) is 18.9 Å². The van der Waals surface area contributed by atoms with Crippen molar-refractivity contribution in [2.24, 2.45) is 11.8 Å². The maximum absolute atomic E-state index is 12.9. The van der Waals surface area contributed by atoms with Gasteiger partial charge in [0.1, 0.15) is 10.2 Å². The maximum Gasteiger partial charge on any atom is 0.289 e. The first-order valence-electron chi connectivity index (χ1n) is 9.78. The number of pyridine rings is 1. The summed E-state index contributed by atoms with van der Waals surface area (Å²) < 4.78 is 1.55. The number of carbonyl (C=O) groups excluding carboxylic acids is 2. The topological polar surface area (TPSA) is 54.7 Å². The molecule has 5 nitrogen and oxygen atoms in total. The molecule has 1 saturated heterocycles. The van der Waals surface area contributed by atoms with E-state index in [9.17, 15) is 9.59 Å². The van der Waals surface area contributed by atoms with Gasteiger partial charge in [0.15, 0.2) is 0 Å². The van der Waals surface area contributed by atoms with Gasteiger partial charge in [-0.15, -0.1) is 0 Å². The Morgan fingerprint density at radius 2 is 2.11 bits per heavy atom. The molecular weight excluding hydrogens is 378 g/mol. The fourth-order valence-corrected chi connectivity index (χ4v) is 6.65. The van der Waals surface area contributed by atoms with Crippen LogP contribution in [0.3, 0.4) is 0 Å². The van der Waals surface area contributed by atoms with Gasteiger partial charge in [-0.05, 0) is 42.2 Å². The first kappa shape index (κ1) is 18.9. The van der Waals surface area contributed by atoms with Gasteiger partial charge in [-0.3, -0.25) is 18.9 Å². The summed E-state index contributed by atoms with van der Waals surface area (Å²) in [5, 5.41) is 0.833. The van der Waals surface area contributed by atoms with Crippen molar-refractivity contribution in [2.45, 2.75) is 55.1 Å². The molecule has 1 aliphatic carbocycles. The fourth-order valence-electron chi connectivity index (χ4n) is 4.32. The summed E-state index contributed by atoms with van der Waals surface area (Å²) in [5.41, 5.74) is 0.848. The van der Waals surface area contributed by atoms with Crippen LogP contribution in [0, 0.1) is 11.8 Å². The highest BCUT2D eigenvalue weighted by Crippen LogP contribution is 2.40. The molecule has 4 rings (SSSR count). The van der Waals surface area contributed by atoms with Crippen LogP contribution in [0.15, 0.2) is 35.6 Å². The molecule has 0 N–H and O–H groups in total. The van der Waals surface area contributed by atoms with Crippen LogP contribution in [0.2, 0.25) is 0 Å². The Morgan fingerprint density at radius 1 is 1.30 bits per heavy atom. The van der Waals surface area contributed by atoms with Crippen LogP contribution in [0.25, 0.3) is 5.65 Å². The van der Waals surface area contributed by atoms with Crippen LogP contribution in [0.5, 0.6) is 0 Å². The van der Waals surface area contributed by atoms with Crippen LogP contribution >= 0.6 is 23.5 Å². The van der Waals surface area contributed by atoms with Gasteiger partial charge in [-0.25, -0.2) is 4.98 Å². The number of hydrogen-bond donors (Lipinski definition) is 0. The summed E-state index contributed by atoms with van der Waals surface area (Å²) in [5.74, 6) is 1.34. The number of imide groups is 1. The van der Waals surface area contributed by atoms with Crippen LogP contribution in [0.4, 0.5) is 4.79 Å². The average Bonchev–Trinajstić information content (AvgIpc) is 3.40. The second-order valence-electron chi connectivity index (χ2n) is 7.34. The first-order valence-corrected chi connectivity index (χ1v) is 11.5. The Hall–Kier alpha value is -1.47. The lowest BCUT2D eigenvalue weighted by molar-refractivity contribution is -0.125. The third-order valence-corrected chi connectivity index (χ3v) is 8.23. The van der Waals surface area contributed by atoms with E-state index in [4.69, 9.17) is 0 Å². The molecule has 2 amide bonds. The summed E-state index contributed by atoms with van der Waals surface area (Å²) in [6.45, 7) is 2.79. The second-order valence-corrected chi connectivity index (χ2v) is 9.82. The number of hydrogen-bond acceptors (Lipinski definition) is 5. The van der Waals surface area contributed by atoms with E-state index >= 15 is 0 Å². The Kier molecular flexibility index (Phi) is 5.78. The molecule has 2 aromatic rings. The largest absolute Gasteiger partial charge is 0.294 e. The van der Waals surface area contributed by atoms with Crippen molar-refractivity contribution in [3.8, 4) is 0 Å². The molecule has 0 aromatic carbocycles. The number of thioether (sulfide) groups is 2. The van der Waals surface area contributed by atoms with Crippen LogP contribution < -0.4 is 0 Å².